The minimum Gasteiger partial charge on any atom is -0.496 e. The van der Waals surface area contributed by atoms with Crippen LogP contribution in [0.2, 0.25) is 0 Å². The molecule has 0 saturated carbocycles. The number of furan rings is 2. The first kappa shape index (κ1) is 23.3. The van der Waals surface area contributed by atoms with Crippen molar-refractivity contribution in [3.05, 3.63) is 112 Å². The summed E-state index contributed by atoms with van der Waals surface area (Å²) in [6.45, 7) is 0. The number of non-ortho nitro benzene ring substituents is 1. The van der Waals surface area contributed by atoms with Gasteiger partial charge in [0.05, 0.1) is 29.9 Å². The molecule has 2 heterocycles. The summed E-state index contributed by atoms with van der Waals surface area (Å²) in [6, 6.07) is 29.0. The highest BCUT2D eigenvalue weighted by atomic mass is 16.6. The number of nitro groups is 1. The first-order valence-electron chi connectivity index (χ1n) is 11.2. The van der Waals surface area contributed by atoms with Crippen LogP contribution in [0.3, 0.4) is 0 Å². The van der Waals surface area contributed by atoms with Gasteiger partial charge in [-0.15, -0.1) is 0 Å². The second kappa shape index (κ2) is 10.1. The molecule has 3 aromatic carbocycles. The molecule has 0 atom stereocenters. The maximum absolute atomic E-state index is 11.1. The number of methoxy groups -OCH3 is 1. The summed E-state index contributed by atoms with van der Waals surface area (Å²) in [6.07, 6.45) is 1.46. The lowest BCUT2D eigenvalue weighted by atomic mass is 9.98. The zero-order valence-corrected chi connectivity index (χ0v) is 19.6. The van der Waals surface area contributed by atoms with Gasteiger partial charge < -0.3 is 13.6 Å². The monoisotopic (exact) mass is 489 g/mol. The topological polar surface area (TPSA) is 115 Å². The molecular formula is C29H19N3O5. The van der Waals surface area contributed by atoms with Crippen molar-refractivity contribution in [2.45, 2.75) is 0 Å². The van der Waals surface area contributed by atoms with E-state index >= 15 is 0 Å². The first-order chi connectivity index (χ1) is 18.1. The molecule has 0 bridgehead atoms. The minimum absolute atomic E-state index is 0.0840. The van der Waals surface area contributed by atoms with E-state index in [0.717, 1.165) is 11.1 Å². The van der Waals surface area contributed by atoms with Crippen LogP contribution in [-0.4, -0.2) is 18.2 Å². The van der Waals surface area contributed by atoms with Crippen LogP contribution in [0.1, 0.15) is 11.3 Å². The molecule has 0 N–H and O–H groups in total. The van der Waals surface area contributed by atoms with E-state index in [1.165, 1.54) is 25.5 Å². The Labute approximate surface area is 211 Å². The number of nitriles is 1. The summed E-state index contributed by atoms with van der Waals surface area (Å²) >= 11 is 0. The van der Waals surface area contributed by atoms with Crippen LogP contribution in [0.15, 0.2) is 105 Å². The van der Waals surface area contributed by atoms with Crippen LogP contribution in [0.25, 0.3) is 33.8 Å². The molecular weight excluding hydrogens is 470 g/mol. The number of hydrogen-bond acceptors (Lipinski definition) is 7. The van der Waals surface area contributed by atoms with Crippen LogP contribution in [0.4, 0.5) is 11.6 Å². The summed E-state index contributed by atoms with van der Waals surface area (Å²) in [5.41, 5.74) is 3.11. The van der Waals surface area contributed by atoms with Gasteiger partial charge in [0.2, 0.25) is 5.88 Å². The standard InChI is InChI=1S/C29H19N3O5/c1-35-26-16-21(32(33)34)12-14-23(26)25-15-13-22(36-25)18-31-29-24(17-30)27(19-8-4-2-5-9-19)28(37-29)20-10-6-3-7-11-20/h2-16,18H,1H3. The van der Waals surface area contributed by atoms with Gasteiger partial charge in [0.25, 0.3) is 5.69 Å². The summed E-state index contributed by atoms with van der Waals surface area (Å²) in [7, 11) is 1.43. The molecule has 180 valence electrons. The van der Waals surface area contributed by atoms with E-state index in [1.807, 2.05) is 60.7 Å². The van der Waals surface area contributed by atoms with Crippen molar-refractivity contribution in [2.24, 2.45) is 4.99 Å². The number of nitrogens with zero attached hydrogens (tertiary/aromatic N) is 3. The molecule has 2 aromatic heterocycles. The summed E-state index contributed by atoms with van der Waals surface area (Å²) < 4.78 is 17.3. The van der Waals surface area contributed by atoms with E-state index in [-0.39, 0.29) is 11.6 Å². The smallest absolute Gasteiger partial charge is 0.273 e. The van der Waals surface area contributed by atoms with Crippen LogP contribution in [0.5, 0.6) is 5.75 Å². The van der Waals surface area contributed by atoms with Crippen LogP contribution < -0.4 is 4.74 Å². The van der Waals surface area contributed by atoms with Crippen molar-refractivity contribution in [2.75, 3.05) is 7.11 Å². The van der Waals surface area contributed by atoms with Gasteiger partial charge >= 0.3 is 0 Å². The van der Waals surface area contributed by atoms with Gasteiger partial charge in [-0.2, -0.15) is 5.26 Å². The van der Waals surface area contributed by atoms with Gasteiger partial charge in [-0.1, -0.05) is 60.7 Å². The molecule has 0 aliphatic heterocycles. The molecule has 8 nitrogen and oxygen atoms in total. The number of rotatable bonds is 7. The van der Waals surface area contributed by atoms with E-state index in [9.17, 15) is 15.4 Å². The molecule has 0 spiro atoms. The molecule has 5 aromatic rings. The molecule has 0 aliphatic carbocycles. The third kappa shape index (κ3) is 4.61. The van der Waals surface area contributed by atoms with Crippen molar-refractivity contribution in [1.29, 1.82) is 5.26 Å². The van der Waals surface area contributed by atoms with Crippen molar-refractivity contribution < 1.29 is 18.5 Å². The molecule has 0 amide bonds. The zero-order valence-electron chi connectivity index (χ0n) is 19.6. The number of hydrogen-bond donors (Lipinski definition) is 0. The van der Waals surface area contributed by atoms with E-state index in [4.69, 9.17) is 13.6 Å². The molecule has 8 heteroatoms. The molecule has 5 rings (SSSR count). The molecule has 0 aliphatic rings. The van der Waals surface area contributed by atoms with Crippen molar-refractivity contribution in [3.8, 4) is 45.6 Å². The Morgan fingerprint density at radius 3 is 2.30 bits per heavy atom. The molecule has 37 heavy (non-hydrogen) atoms. The van der Waals surface area contributed by atoms with Crippen molar-refractivity contribution in [3.63, 3.8) is 0 Å². The lowest BCUT2D eigenvalue weighted by Gasteiger charge is -2.05. The van der Waals surface area contributed by atoms with Crippen LogP contribution in [-0.2, 0) is 0 Å². The fourth-order valence-corrected chi connectivity index (χ4v) is 3.97. The van der Waals surface area contributed by atoms with E-state index in [0.29, 0.717) is 39.7 Å². The average molecular weight is 489 g/mol. The second-order valence-electron chi connectivity index (χ2n) is 7.93. The summed E-state index contributed by atoms with van der Waals surface area (Å²) in [4.78, 5) is 15.0. The van der Waals surface area contributed by atoms with Gasteiger partial charge in [0, 0.05) is 17.2 Å². The molecule has 0 radical (unpaired) electrons. The quantitative estimate of drug-likeness (QED) is 0.133. The highest BCUT2D eigenvalue weighted by Crippen LogP contribution is 2.42. The number of benzene rings is 3. The minimum atomic E-state index is -0.490. The highest BCUT2D eigenvalue weighted by molar-refractivity contribution is 5.89. The maximum atomic E-state index is 11.1. The Kier molecular flexibility index (Phi) is 6.34. The largest absolute Gasteiger partial charge is 0.496 e. The van der Waals surface area contributed by atoms with Crippen molar-refractivity contribution in [1.82, 2.24) is 0 Å². The van der Waals surface area contributed by atoms with Gasteiger partial charge in [-0.25, -0.2) is 4.99 Å². The normalized spacial score (nSPS) is 10.9. The first-order valence-corrected chi connectivity index (χ1v) is 11.2. The molecule has 0 saturated heterocycles. The van der Waals surface area contributed by atoms with Gasteiger partial charge in [0.15, 0.2) is 0 Å². The van der Waals surface area contributed by atoms with Gasteiger partial charge in [0.1, 0.15) is 34.7 Å². The van der Waals surface area contributed by atoms with E-state index < -0.39 is 4.92 Å². The number of nitro benzene ring substituents is 1. The van der Waals surface area contributed by atoms with Crippen LogP contribution >= 0.6 is 0 Å². The maximum Gasteiger partial charge on any atom is 0.273 e. The predicted octanol–water partition coefficient (Wildman–Crippen LogP) is 7.41. The Morgan fingerprint density at radius 1 is 0.946 bits per heavy atom. The van der Waals surface area contributed by atoms with E-state index in [1.54, 1.807) is 18.2 Å². The van der Waals surface area contributed by atoms with Crippen molar-refractivity contribution >= 4 is 17.8 Å². The Bertz CT molecular complexity index is 1640. The fourth-order valence-electron chi connectivity index (χ4n) is 3.97. The lowest BCUT2D eigenvalue weighted by molar-refractivity contribution is -0.384. The average Bonchev–Trinajstić information content (AvgIpc) is 3.57. The van der Waals surface area contributed by atoms with Gasteiger partial charge in [-0.05, 0) is 23.8 Å². The summed E-state index contributed by atoms with van der Waals surface area (Å²) in [5, 5.41) is 21.1. The molecule has 0 unspecified atom stereocenters. The third-order valence-corrected chi connectivity index (χ3v) is 5.70. The SMILES string of the molecule is COc1cc([N+](=O)[O-])ccc1-c1ccc(C=Nc2oc(-c3ccccc3)c(-c3ccccc3)c2C#N)o1. The lowest BCUT2D eigenvalue weighted by Crippen LogP contribution is -1.92. The number of ether oxygens (including phenoxy) is 1. The zero-order chi connectivity index (χ0) is 25.8. The number of aliphatic imine (C=N–C) groups is 1. The Morgan fingerprint density at radius 2 is 1.65 bits per heavy atom. The molecule has 0 fully saturated rings. The Hall–Kier alpha value is -5.42. The van der Waals surface area contributed by atoms with Gasteiger partial charge in [-0.3, -0.25) is 10.1 Å². The Balaban J connectivity index is 1.53. The third-order valence-electron chi connectivity index (χ3n) is 5.70. The van der Waals surface area contributed by atoms with E-state index in [2.05, 4.69) is 11.1 Å². The fraction of sp³-hybridized carbons (Fsp3) is 0.0345. The van der Waals surface area contributed by atoms with Crippen LogP contribution in [0, 0.1) is 21.4 Å². The highest BCUT2D eigenvalue weighted by Gasteiger charge is 2.23. The second-order valence-corrected chi connectivity index (χ2v) is 7.93. The predicted molar refractivity (Wildman–Crippen MR) is 139 cm³/mol. The summed E-state index contributed by atoms with van der Waals surface area (Å²) in [5.74, 6) is 1.86.